The zero-order valence-corrected chi connectivity index (χ0v) is 16.2. The number of nitrogens with one attached hydrogen (secondary N) is 1. The number of hydrogen-bond donors (Lipinski definition) is 1. The highest BCUT2D eigenvalue weighted by atomic mass is 32.2. The van der Waals surface area contributed by atoms with Gasteiger partial charge < -0.3 is 4.40 Å². The molecule has 148 valence electrons. The van der Waals surface area contributed by atoms with Crippen LogP contribution in [0.4, 0.5) is 14.5 Å². The van der Waals surface area contributed by atoms with Crippen LogP contribution in [-0.2, 0) is 15.8 Å². The maximum absolute atomic E-state index is 13.8. The summed E-state index contributed by atoms with van der Waals surface area (Å²) in [7, 11) is -3.94. The third kappa shape index (κ3) is 4.12. The van der Waals surface area contributed by atoms with Gasteiger partial charge in [-0.05, 0) is 48.9 Å². The first kappa shape index (κ1) is 19.1. The highest BCUT2D eigenvalue weighted by Crippen LogP contribution is 2.24. The second kappa shape index (κ2) is 7.29. The van der Waals surface area contributed by atoms with Gasteiger partial charge in [-0.3, -0.25) is 4.72 Å². The maximum Gasteiger partial charge on any atom is 0.237 e. The molecular weight excluding hydrogens is 396 g/mol. The minimum atomic E-state index is -3.94. The minimum absolute atomic E-state index is 0.232. The monoisotopic (exact) mass is 413 g/mol. The number of sulfonamides is 1. The van der Waals surface area contributed by atoms with Gasteiger partial charge in [-0.15, -0.1) is 0 Å². The summed E-state index contributed by atoms with van der Waals surface area (Å²) in [5.74, 6) is -2.14. The van der Waals surface area contributed by atoms with Crippen molar-refractivity contribution in [2.45, 2.75) is 12.7 Å². The van der Waals surface area contributed by atoms with E-state index in [0.717, 1.165) is 35.0 Å². The Hall–Kier alpha value is -3.26. The summed E-state index contributed by atoms with van der Waals surface area (Å²) in [6, 6.07) is 13.4. The number of anilines is 1. The fourth-order valence-corrected chi connectivity index (χ4v) is 4.30. The average molecular weight is 413 g/mol. The molecule has 0 atom stereocenters. The molecule has 0 aliphatic heterocycles. The number of nitrogens with zero attached hydrogens (tertiary/aromatic N) is 2. The van der Waals surface area contributed by atoms with Gasteiger partial charge in [0.2, 0.25) is 10.0 Å². The van der Waals surface area contributed by atoms with Gasteiger partial charge in [0, 0.05) is 29.2 Å². The lowest BCUT2D eigenvalue weighted by molar-refractivity contribution is 0.581. The van der Waals surface area contributed by atoms with E-state index in [9.17, 15) is 17.2 Å². The minimum Gasteiger partial charge on any atom is -0.306 e. The summed E-state index contributed by atoms with van der Waals surface area (Å²) in [5.41, 5.74) is 3.34. The molecule has 0 radical (unpaired) electrons. The van der Waals surface area contributed by atoms with Gasteiger partial charge in [-0.2, -0.15) is 0 Å². The molecule has 0 aliphatic rings. The SMILES string of the molecule is Cc1cccn2cc(-c3cccc(NS(=O)(=O)Cc4cc(F)ccc4F)c3)nc12. The van der Waals surface area contributed by atoms with Gasteiger partial charge in [-0.1, -0.05) is 18.2 Å². The van der Waals surface area contributed by atoms with E-state index in [1.54, 1.807) is 18.2 Å². The molecule has 4 aromatic rings. The molecule has 8 heteroatoms. The molecule has 0 spiro atoms. The average Bonchev–Trinajstić information content (AvgIpc) is 3.10. The molecule has 1 N–H and O–H groups in total. The van der Waals surface area contributed by atoms with Crippen molar-refractivity contribution in [1.29, 1.82) is 0 Å². The van der Waals surface area contributed by atoms with Crippen LogP contribution in [0.25, 0.3) is 16.9 Å². The van der Waals surface area contributed by atoms with Gasteiger partial charge in [0.15, 0.2) is 0 Å². The van der Waals surface area contributed by atoms with E-state index in [-0.39, 0.29) is 5.56 Å². The second-order valence-electron chi connectivity index (χ2n) is 6.73. The molecule has 0 unspecified atom stereocenters. The van der Waals surface area contributed by atoms with Gasteiger partial charge in [-0.25, -0.2) is 22.2 Å². The van der Waals surface area contributed by atoms with Crippen LogP contribution in [0.2, 0.25) is 0 Å². The smallest absolute Gasteiger partial charge is 0.237 e. The predicted octanol–water partition coefficient (Wildman–Crippen LogP) is 4.53. The Morgan fingerprint density at radius 2 is 1.90 bits per heavy atom. The first-order valence-corrected chi connectivity index (χ1v) is 10.5. The number of pyridine rings is 1. The van der Waals surface area contributed by atoms with Crippen LogP contribution in [0.1, 0.15) is 11.1 Å². The summed E-state index contributed by atoms with van der Waals surface area (Å²) in [6.45, 7) is 1.96. The van der Waals surface area contributed by atoms with E-state index in [1.165, 1.54) is 0 Å². The van der Waals surface area contributed by atoms with Crippen LogP contribution in [0.5, 0.6) is 0 Å². The van der Waals surface area contributed by atoms with Gasteiger partial charge in [0.1, 0.15) is 17.3 Å². The normalized spacial score (nSPS) is 11.7. The number of fused-ring (bicyclic) bond motifs is 1. The number of halogens is 2. The van der Waals surface area contributed by atoms with Crippen molar-refractivity contribution >= 4 is 21.4 Å². The second-order valence-corrected chi connectivity index (χ2v) is 8.45. The Balaban J connectivity index is 1.61. The van der Waals surface area contributed by atoms with Gasteiger partial charge in [0.05, 0.1) is 11.4 Å². The molecule has 2 aromatic heterocycles. The Labute approximate surface area is 166 Å². The topological polar surface area (TPSA) is 63.5 Å². The van der Waals surface area contributed by atoms with Crippen molar-refractivity contribution in [2.24, 2.45) is 0 Å². The lowest BCUT2D eigenvalue weighted by atomic mass is 10.1. The van der Waals surface area contributed by atoms with Crippen molar-refractivity contribution in [3.05, 3.63) is 89.8 Å². The maximum atomic E-state index is 13.8. The Kier molecular flexibility index (Phi) is 4.79. The number of imidazole rings is 1. The standard InChI is InChI=1S/C21H17F2N3O2S/c1-14-4-3-9-26-12-20(24-21(14)26)15-5-2-6-18(11-15)25-29(27,28)13-16-10-17(22)7-8-19(16)23/h2-12,25H,13H2,1H3. The summed E-state index contributed by atoms with van der Waals surface area (Å²) >= 11 is 0. The molecule has 29 heavy (non-hydrogen) atoms. The fourth-order valence-electron chi connectivity index (χ4n) is 3.11. The van der Waals surface area contributed by atoms with Crippen molar-refractivity contribution in [1.82, 2.24) is 9.38 Å². The first-order chi connectivity index (χ1) is 13.8. The predicted molar refractivity (Wildman–Crippen MR) is 108 cm³/mol. The molecule has 0 saturated heterocycles. The lowest BCUT2D eigenvalue weighted by Gasteiger charge is -2.10. The zero-order valence-electron chi connectivity index (χ0n) is 15.4. The van der Waals surface area contributed by atoms with Crippen LogP contribution in [0, 0.1) is 18.6 Å². The zero-order chi connectivity index (χ0) is 20.6. The number of benzene rings is 2. The fraction of sp³-hybridized carbons (Fsp3) is 0.0952. The molecule has 0 bridgehead atoms. The summed E-state index contributed by atoms with van der Waals surface area (Å²) < 4.78 is 56.3. The Bertz CT molecular complexity index is 1320. The third-order valence-corrected chi connectivity index (χ3v) is 5.70. The number of aromatic nitrogens is 2. The summed E-state index contributed by atoms with van der Waals surface area (Å²) in [6.07, 6.45) is 3.75. The van der Waals surface area contributed by atoms with E-state index >= 15 is 0 Å². The van der Waals surface area contributed by atoms with E-state index in [4.69, 9.17) is 0 Å². The van der Waals surface area contributed by atoms with Crippen LogP contribution in [-0.4, -0.2) is 17.8 Å². The molecular formula is C21H17F2N3O2S. The van der Waals surface area contributed by atoms with Crippen LogP contribution in [0.3, 0.4) is 0 Å². The lowest BCUT2D eigenvalue weighted by Crippen LogP contribution is -2.16. The van der Waals surface area contributed by atoms with E-state index < -0.39 is 27.4 Å². The molecule has 0 aliphatic carbocycles. The van der Waals surface area contributed by atoms with Crippen LogP contribution >= 0.6 is 0 Å². The molecule has 0 saturated carbocycles. The Morgan fingerprint density at radius 3 is 2.69 bits per heavy atom. The number of hydrogen-bond acceptors (Lipinski definition) is 3. The molecule has 2 heterocycles. The molecule has 2 aromatic carbocycles. The number of aryl methyl sites for hydroxylation is 1. The van der Waals surface area contributed by atoms with Crippen molar-refractivity contribution in [3.63, 3.8) is 0 Å². The van der Waals surface area contributed by atoms with E-state index in [1.807, 2.05) is 41.9 Å². The van der Waals surface area contributed by atoms with E-state index in [0.29, 0.717) is 11.4 Å². The van der Waals surface area contributed by atoms with Crippen molar-refractivity contribution < 1.29 is 17.2 Å². The molecule has 0 amide bonds. The molecule has 4 rings (SSSR count). The van der Waals surface area contributed by atoms with Gasteiger partial charge in [0.25, 0.3) is 0 Å². The summed E-state index contributed by atoms with van der Waals surface area (Å²) in [4.78, 5) is 4.60. The molecule has 0 fully saturated rings. The van der Waals surface area contributed by atoms with E-state index in [2.05, 4.69) is 9.71 Å². The van der Waals surface area contributed by atoms with Crippen molar-refractivity contribution in [2.75, 3.05) is 4.72 Å². The third-order valence-electron chi connectivity index (χ3n) is 4.46. The van der Waals surface area contributed by atoms with Crippen molar-refractivity contribution in [3.8, 4) is 11.3 Å². The molecule has 5 nitrogen and oxygen atoms in total. The number of rotatable bonds is 5. The van der Waals surface area contributed by atoms with Crippen LogP contribution in [0.15, 0.2) is 67.0 Å². The quantitative estimate of drug-likeness (QED) is 0.523. The Morgan fingerprint density at radius 1 is 1.07 bits per heavy atom. The highest BCUT2D eigenvalue weighted by Gasteiger charge is 2.16. The van der Waals surface area contributed by atoms with Gasteiger partial charge >= 0.3 is 0 Å². The first-order valence-electron chi connectivity index (χ1n) is 8.80. The largest absolute Gasteiger partial charge is 0.306 e. The highest BCUT2D eigenvalue weighted by molar-refractivity contribution is 7.91. The van der Waals surface area contributed by atoms with Crippen LogP contribution < -0.4 is 4.72 Å². The summed E-state index contributed by atoms with van der Waals surface area (Å²) in [5, 5.41) is 0.